The van der Waals surface area contributed by atoms with Gasteiger partial charge in [-0.25, -0.2) is 0 Å². The second-order valence-electron chi connectivity index (χ2n) is 6.91. The molecule has 2 aliphatic rings. The van der Waals surface area contributed by atoms with E-state index in [9.17, 15) is 0 Å². The Balaban J connectivity index is 1.34. The number of ether oxygens (including phenoxy) is 1. The largest absolute Gasteiger partial charge is 0.378 e. The highest BCUT2D eigenvalue weighted by Gasteiger charge is 2.19. The predicted octanol–water partition coefficient (Wildman–Crippen LogP) is 2.73. The number of nitrogens with one attached hydrogen (secondary N) is 1. The lowest BCUT2D eigenvalue weighted by molar-refractivity contribution is 0.0573. The maximum Gasteiger partial charge on any atom is 0.193 e. The quantitative estimate of drug-likeness (QED) is 0.489. The Morgan fingerprint density at radius 1 is 1.12 bits per heavy atom. The second-order valence-corrected chi connectivity index (χ2v) is 6.91. The zero-order valence-corrected chi connectivity index (χ0v) is 15.5. The highest BCUT2D eigenvalue weighted by atomic mass is 16.5. The molecule has 1 aliphatic carbocycles. The van der Waals surface area contributed by atoms with Gasteiger partial charge in [-0.1, -0.05) is 31.0 Å². The maximum absolute atomic E-state index is 5.93. The van der Waals surface area contributed by atoms with Crippen LogP contribution < -0.4 is 10.2 Å². The number of benzene rings is 1. The van der Waals surface area contributed by atoms with Gasteiger partial charge >= 0.3 is 0 Å². The summed E-state index contributed by atoms with van der Waals surface area (Å²) in [4.78, 5) is 9.26. The Kier molecular flexibility index (Phi) is 6.98. The molecule has 1 aromatic rings. The van der Waals surface area contributed by atoms with Gasteiger partial charge in [-0.2, -0.15) is 0 Å². The average Bonchev–Trinajstić information content (AvgIpc) is 3.19. The van der Waals surface area contributed by atoms with E-state index in [4.69, 9.17) is 4.74 Å². The molecular formula is C20H32N4O. The molecule has 0 spiro atoms. The summed E-state index contributed by atoms with van der Waals surface area (Å²) in [5.41, 5.74) is 1.31. The molecule has 2 fully saturated rings. The standard InChI is InChI=1S/C20H32N4O/c1-21-20(22-12-7-17-25-19-10-5-6-11-19)24-15-13-23(14-16-24)18-8-3-2-4-9-18/h2-4,8-9,19H,5-7,10-17H2,1H3,(H,21,22). The van der Waals surface area contributed by atoms with E-state index in [1.165, 1.54) is 31.4 Å². The van der Waals surface area contributed by atoms with E-state index >= 15 is 0 Å². The molecule has 0 radical (unpaired) electrons. The third-order valence-electron chi connectivity index (χ3n) is 5.17. The van der Waals surface area contributed by atoms with Crippen molar-refractivity contribution in [2.24, 2.45) is 4.99 Å². The first-order valence-electron chi connectivity index (χ1n) is 9.74. The van der Waals surface area contributed by atoms with E-state index in [1.54, 1.807) is 0 Å². The number of hydrogen-bond donors (Lipinski definition) is 1. The van der Waals surface area contributed by atoms with Crippen molar-refractivity contribution in [2.75, 3.05) is 51.3 Å². The van der Waals surface area contributed by atoms with Crippen LogP contribution in [0.15, 0.2) is 35.3 Å². The lowest BCUT2D eigenvalue weighted by atomic mass is 10.2. The van der Waals surface area contributed by atoms with Gasteiger partial charge in [-0.05, 0) is 31.4 Å². The molecule has 1 heterocycles. The third kappa shape index (κ3) is 5.36. The minimum absolute atomic E-state index is 0.519. The normalized spacial score (nSPS) is 19.5. The third-order valence-corrected chi connectivity index (χ3v) is 5.17. The fourth-order valence-electron chi connectivity index (χ4n) is 3.72. The lowest BCUT2D eigenvalue weighted by Gasteiger charge is -2.37. The van der Waals surface area contributed by atoms with Crippen molar-refractivity contribution in [3.8, 4) is 0 Å². The topological polar surface area (TPSA) is 40.1 Å². The Morgan fingerprint density at radius 3 is 2.52 bits per heavy atom. The molecule has 0 aromatic heterocycles. The van der Waals surface area contributed by atoms with Gasteiger partial charge in [-0.3, -0.25) is 4.99 Å². The van der Waals surface area contributed by atoms with Crippen molar-refractivity contribution < 1.29 is 4.74 Å². The summed E-state index contributed by atoms with van der Waals surface area (Å²) in [7, 11) is 1.88. The van der Waals surface area contributed by atoms with Crippen molar-refractivity contribution in [1.29, 1.82) is 0 Å². The van der Waals surface area contributed by atoms with Gasteiger partial charge < -0.3 is 19.9 Å². The van der Waals surface area contributed by atoms with E-state index < -0.39 is 0 Å². The summed E-state index contributed by atoms with van der Waals surface area (Å²) in [6.45, 7) is 5.88. The van der Waals surface area contributed by atoms with Crippen molar-refractivity contribution in [3.63, 3.8) is 0 Å². The molecule has 1 aliphatic heterocycles. The van der Waals surface area contributed by atoms with Crippen molar-refractivity contribution >= 4 is 11.6 Å². The van der Waals surface area contributed by atoms with Crippen LogP contribution in [0.2, 0.25) is 0 Å². The van der Waals surface area contributed by atoms with E-state index in [0.717, 1.165) is 51.7 Å². The van der Waals surface area contributed by atoms with Gasteiger partial charge in [0.2, 0.25) is 0 Å². The number of para-hydroxylation sites is 1. The number of guanidine groups is 1. The number of nitrogens with zero attached hydrogens (tertiary/aromatic N) is 3. The van der Waals surface area contributed by atoms with Crippen LogP contribution in [0.3, 0.4) is 0 Å². The van der Waals surface area contributed by atoms with E-state index in [0.29, 0.717) is 6.10 Å². The van der Waals surface area contributed by atoms with Crippen LogP contribution in [0.25, 0.3) is 0 Å². The second kappa shape index (κ2) is 9.66. The minimum atomic E-state index is 0.519. The van der Waals surface area contributed by atoms with Crippen LogP contribution in [-0.2, 0) is 4.74 Å². The number of rotatable bonds is 6. The summed E-state index contributed by atoms with van der Waals surface area (Å²) in [6.07, 6.45) is 6.74. The molecular weight excluding hydrogens is 312 g/mol. The summed E-state index contributed by atoms with van der Waals surface area (Å²) >= 11 is 0. The summed E-state index contributed by atoms with van der Waals surface area (Å²) in [6, 6.07) is 10.7. The first-order chi connectivity index (χ1) is 12.4. The fourth-order valence-corrected chi connectivity index (χ4v) is 3.72. The van der Waals surface area contributed by atoms with Crippen LogP contribution in [0.4, 0.5) is 5.69 Å². The van der Waals surface area contributed by atoms with Crippen LogP contribution in [0, 0.1) is 0 Å². The molecule has 0 amide bonds. The molecule has 25 heavy (non-hydrogen) atoms. The van der Waals surface area contributed by atoms with Gasteiger partial charge in [0.25, 0.3) is 0 Å². The monoisotopic (exact) mass is 344 g/mol. The lowest BCUT2D eigenvalue weighted by Crippen LogP contribution is -2.52. The molecule has 5 nitrogen and oxygen atoms in total. The highest BCUT2D eigenvalue weighted by molar-refractivity contribution is 5.80. The van der Waals surface area contributed by atoms with Gasteiger partial charge in [-0.15, -0.1) is 0 Å². The van der Waals surface area contributed by atoms with Gasteiger partial charge in [0.1, 0.15) is 0 Å². The van der Waals surface area contributed by atoms with Crippen molar-refractivity contribution in [3.05, 3.63) is 30.3 Å². The number of anilines is 1. The molecule has 0 unspecified atom stereocenters. The first-order valence-corrected chi connectivity index (χ1v) is 9.74. The Labute approximate surface area is 152 Å². The Morgan fingerprint density at radius 2 is 1.84 bits per heavy atom. The molecule has 5 heteroatoms. The van der Waals surface area contributed by atoms with E-state index in [1.807, 2.05) is 7.05 Å². The average molecular weight is 345 g/mol. The summed E-state index contributed by atoms with van der Waals surface area (Å²) < 4.78 is 5.93. The molecule has 0 bridgehead atoms. The van der Waals surface area contributed by atoms with E-state index in [2.05, 4.69) is 50.4 Å². The Hall–Kier alpha value is -1.75. The van der Waals surface area contributed by atoms with E-state index in [-0.39, 0.29) is 0 Å². The number of hydrogen-bond acceptors (Lipinski definition) is 3. The molecule has 3 rings (SSSR count). The van der Waals surface area contributed by atoms with Crippen LogP contribution in [-0.4, -0.2) is 63.3 Å². The van der Waals surface area contributed by atoms with Crippen LogP contribution in [0.1, 0.15) is 32.1 Å². The number of piperazine rings is 1. The maximum atomic E-state index is 5.93. The smallest absolute Gasteiger partial charge is 0.193 e. The number of aliphatic imine (C=N–C) groups is 1. The van der Waals surface area contributed by atoms with Crippen LogP contribution >= 0.6 is 0 Å². The zero-order chi connectivity index (χ0) is 17.3. The van der Waals surface area contributed by atoms with Gasteiger partial charge in [0, 0.05) is 52.1 Å². The summed E-state index contributed by atoms with van der Waals surface area (Å²) in [5, 5.41) is 3.50. The van der Waals surface area contributed by atoms with Gasteiger partial charge in [0.15, 0.2) is 5.96 Å². The molecule has 1 aromatic carbocycles. The molecule has 0 atom stereocenters. The first kappa shape index (κ1) is 18.1. The molecule has 1 saturated heterocycles. The Bertz CT molecular complexity index is 520. The van der Waals surface area contributed by atoms with Crippen molar-refractivity contribution in [1.82, 2.24) is 10.2 Å². The highest BCUT2D eigenvalue weighted by Crippen LogP contribution is 2.20. The predicted molar refractivity (Wildman–Crippen MR) is 104 cm³/mol. The zero-order valence-electron chi connectivity index (χ0n) is 15.5. The molecule has 138 valence electrons. The SMILES string of the molecule is CN=C(NCCCOC1CCCC1)N1CCN(c2ccccc2)CC1. The summed E-state index contributed by atoms with van der Waals surface area (Å²) in [5.74, 6) is 1.02. The minimum Gasteiger partial charge on any atom is -0.378 e. The van der Waals surface area contributed by atoms with Crippen LogP contribution in [0.5, 0.6) is 0 Å². The molecule has 1 N–H and O–H groups in total. The fraction of sp³-hybridized carbons (Fsp3) is 0.650. The van der Waals surface area contributed by atoms with Crippen molar-refractivity contribution in [2.45, 2.75) is 38.2 Å². The molecule has 1 saturated carbocycles. The van der Waals surface area contributed by atoms with Gasteiger partial charge in [0.05, 0.1) is 6.10 Å².